The van der Waals surface area contributed by atoms with Gasteiger partial charge in [0.05, 0.1) is 6.04 Å². The van der Waals surface area contributed by atoms with Gasteiger partial charge in [0.2, 0.25) is 5.91 Å². The summed E-state index contributed by atoms with van der Waals surface area (Å²) >= 11 is 0. The highest BCUT2D eigenvalue weighted by molar-refractivity contribution is 5.90. The van der Waals surface area contributed by atoms with Gasteiger partial charge in [-0.05, 0) is 61.2 Å². The Morgan fingerprint density at radius 3 is 2.17 bits per heavy atom. The molecular weight excluding hydrogens is 448 g/mol. The van der Waals surface area contributed by atoms with Crippen LogP contribution in [0.15, 0.2) is 97.1 Å². The van der Waals surface area contributed by atoms with Gasteiger partial charge in [-0.3, -0.25) is 4.79 Å². The van der Waals surface area contributed by atoms with Crippen LogP contribution in [0.2, 0.25) is 0 Å². The maximum absolute atomic E-state index is 12.8. The van der Waals surface area contributed by atoms with Crippen LogP contribution in [0.25, 0.3) is 11.1 Å². The maximum Gasteiger partial charge on any atom is 0.319 e. The van der Waals surface area contributed by atoms with Gasteiger partial charge >= 0.3 is 6.03 Å². The van der Waals surface area contributed by atoms with Crippen molar-refractivity contribution in [3.05, 3.63) is 103 Å². The molecule has 1 aliphatic rings. The van der Waals surface area contributed by atoms with Gasteiger partial charge < -0.3 is 20.9 Å². The summed E-state index contributed by atoms with van der Waals surface area (Å²) < 4.78 is 0. The average molecular weight is 483 g/mol. The van der Waals surface area contributed by atoms with Gasteiger partial charge in [0, 0.05) is 24.9 Å². The zero-order valence-electron chi connectivity index (χ0n) is 20.5. The average Bonchev–Trinajstić information content (AvgIpc) is 3.42. The summed E-state index contributed by atoms with van der Waals surface area (Å²) in [5.74, 6) is -0.147. The first-order valence-corrected chi connectivity index (χ1v) is 12.6. The van der Waals surface area contributed by atoms with Crippen LogP contribution in [0.3, 0.4) is 0 Å². The highest BCUT2D eigenvalue weighted by Crippen LogP contribution is 2.21. The van der Waals surface area contributed by atoms with Gasteiger partial charge in [0.25, 0.3) is 0 Å². The number of carbonyl (C=O) groups excluding carboxylic acids is 2. The zero-order chi connectivity index (χ0) is 25.0. The topological polar surface area (TPSA) is 73.5 Å². The van der Waals surface area contributed by atoms with Crippen molar-refractivity contribution < 1.29 is 9.59 Å². The summed E-state index contributed by atoms with van der Waals surface area (Å²) in [7, 11) is 0. The van der Waals surface area contributed by atoms with E-state index in [1.54, 1.807) is 6.08 Å². The van der Waals surface area contributed by atoms with E-state index in [0.29, 0.717) is 18.7 Å². The van der Waals surface area contributed by atoms with E-state index in [-0.39, 0.29) is 18.0 Å². The lowest BCUT2D eigenvalue weighted by Gasteiger charge is -2.17. The minimum absolute atomic E-state index is 0.147. The summed E-state index contributed by atoms with van der Waals surface area (Å²) in [5.41, 5.74) is 3.99. The summed E-state index contributed by atoms with van der Waals surface area (Å²) in [6, 6.07) is 27.1. The third kappa shape index (κ3) is 8.10. The first kappa shape index (κ1) is 25.2. The van der Waals surface area contributed by atoms with Gasteiger partial charge in [-0.15, -0.1) is 0 Å². The van der Waals surface area contributed by atoms with Gasteiger partial charge in [0.1, 0.15) is 0 Å². The molecule has 6 nitrogen and oxygen atoms in total. The van der Waals surface area contributed by atoms with Gasteiger partial charge in [-0.2, -0.15) is 0 Å². The van der Waals surface area contributed by atoms with Crippen molar-refractivity contribution in [1.29, 1.82) is 0 Å². The number of benzene rings is 3. The Balaban J connectivity index is 1.32. The molecule has 0 radical (unpaired) electrons. The molecule has 1 heterocycles. The summed E-state index contributed by atoms with van der Waals surface area (Å²) in [6.45, 7) is 3.72. The van der Waals surface area contributed by atoms with Crippen LogP contribution >= 0.6 is 0 Å². The fourth-order valence-corrected chi connectivity index (χ4v) is 4.35. The first-order valence-electron chi connectivity index (χ1n) is 12.6. The van der Waals surface area contributed by atoms with E-state index < -0.39 is 0 Å². The Bertz CT molecular complexity index is 1120. The van der Waals surface area contributed by atoms with Crippen LogP contribution in [-0.4, -0.2) is 49.1 Å². The van der Waals surface area contributed by atoms with Gasteiger partial charge in [-0.1, -0.05) is 78.9 Å². The molecule has 36 heavy (non-hydrogen) atoms. The number of amides is 3. The van der Waals surface area contributed by atoms with Crippen molar-refractivity contribution >= 4 is 17.6 Å². The van der Waals surface area contributed by atoms with Crippen molar-refractivity contribution in [3.63, 3.8) is 0 Å². The first-order chi connectivity index (χ1) is 17.7. The molecule has 4 rings (SSSR count). The number of carbonyl (C=O) groups is 2. The number of urea groups is 1. The molecule has 0 saturated carbocycles. The molecule has 0 aromatic heterocycles. The number of nitrogens with one attached hydrogen (secondary N) is 3. The molecule has 0 bridgehead atoms. The predicted molar refractivity (Wildman–Crippen MR) is 146 cm³/mol. The molecule has 3 aromatic carbocycles. The molecule has 0 unspecified atom stereocenters. The molecule has 3 aromatic rings. The quantitative estimate of drug-likeness (QED) is 0.362. The monoisotopic (exact) mass is 482 g/mol. The van der Waals surface area contributed by atoms with Crippen molar-refractivity contribution in [2.45, 2.75) is 25.3 Å². The molecule has 186 valence electrons. The van der Waals surface area contributed by atoms with Crippen molar-refractivity contribution in [1.82, 2.24) is 15.5 Å². The van der Waals surface area contributed by atoms with Crippen LogP contribution in [0.1, 0.15) is 18.4 Å². The molecular formula is C30H34N4O2. The summed E-state index contributed by atoms with van der Waals surface area (Å²) in [5, 5.41) is 8.84. The second-order valence-corrected chi connectivity index (χ2v) is 9.04. The largest absolute Gasteiger partial charge is 0.351 e. The Labute approximate surface area is 213 Å². The number of hydrogen-bond donors (Lipinski definition) is 3. The molecule has 0 aliphatic carbocycles. The van der Waals surface area contributed by atoms with E-state index >= 15 is 0 Å². The third-order valence-corrected chi connectivity index (χ3v) is 6.27. The van der Waals surface area contributed by atoms with Crippen LogP contribution in [0.4, 0.5) is 10.5 Å². The molecule has 0 spiro atoms. The highest BCUT2D eigenvalue weighted by atomic mass is 16.2. The molecule has 1 saturated heterocycles. The molecule has 3 amide bonds. The fourth-order valence-electron chi connectivity index (χ4n) is 4.35. The minimum Gasteiger partial charge on any atom is -0.351 e. The number of anilines is 1. The van der Waals surface area contributed by atoms with Crippen LogP contribution in [0.5, 0.6) is 0 Å². The third-order valence-electron chi connectivity index (χ3n) is 6.27. The van der Waals surface area contributed by atoms with E-state index in [9.17, 15) is 9.59 Å². The number of rotatable bonds is 10. The summed E-state index contributed by atoms with van der Waals surface area (Å²) in [4.78, 5) is 27.5. The number of nitrogens with zero attached hydrogens (tertiary/aromatic N) is 1. The number of hydrogen-bond acceptors (Lipinski definition) is 3. The fraction of sp³-hybridized carbons (Fsp3) is 0.267. The molecule has 1 aliphatic heterocycles. The van der Waals surface area contributed by atoms with Crippen molar-refractivity contribution in [2.24, 2.45) is 0 Å². The normalized spacial score (nSPS) is 14.4. The van der Waals surface area contributed by atoms with Crippen LogP contribution in [0, 0.1) is 0 Å². The Kier molecular flexibility index (Phi) is 9.28. The van der Waals surface area contributed by atoms with E-state index in [4.69, 9.17) is 0 Å². The second-order valence-electron chi connectivity index (χ2n) is 9.04. The second kappa shape index (κ2) is 13.3. The summed E-state index contributed by atoms with van der Waals surface area (Å²) in [6.07, 6.45) is 6.33. The van der Waals surface area contributed by atoms with Crippen molar-refractivity contribution in [3.8, 4) is 11.1 Å². The molecule has 6 heteroatoms. The Morgan fingerprint density at radius 1 is 0.833 bits per heavy atom. The van der Waals surface area contributed by atoms with E-state index in [2.05, 4.69) is 33.0 Å². The van der Waals surface area contributed by atoms with Crippen LogP contribution < -0.4 is 16.0 Å². The number of likely N-dealkylation sites (tertiary alicyclic amines) is 1. The maximum atomic E-state index is 12.8. The molecule has 3 N–H and O–H groups in total. The lowest BCUT2D eigenvalue weighted by molar-refractivity contribution is -0.116. The lowest BCUT2D eigenvalue weighted by atomic mass is 10.1. The molecule has 1 fully saturated rings. The highest BCUT2D eigenvalue weighted by Gasteiger charge is 2.13. The molecule has 1 atom stereocenters. The lowest BCUT2D eigenvalue weighted by Crippen LogP contribution is -2.38. The van der Waals surface area contributed by atoms with Crippen molar-refractivity contribution in [2.75, 3.05) is 31.5 Å². The van der Waals surface area contributed by atoms with Gasteiger partial charge in [0.15, 0.2) is 0 Å². The van der Waals surface area contributed by atoms with Gasteiger partial charge in [-0.25, -0.2) is 4.79 Å². The Hall–Kier alpha value is -3.90. The van der Waals surface area contributed by atoms with E-state index in [1.165, 1.54) is 18.9 Å². The SMILES string of the molecule is O=C(C=C[C@H](Cc1ccccc1)NC(=O)Nc1ccc(-c2ccccc2)cc1)NCCN1CCCC1. The smallest absolute Gasteiger partial charge is 0.319 e. The standard InChI is InChI=1S/C30H34N4O2/c35-29(31-19-22-34-20-7-8-21-34)18-17-28(23-24-9-3-1-4-10-24)33-30(36)32-27-15-13-26(14-16-27)25-11-5-2-6-12-25/h1-6,9-18,28H,7-8,19-23H2,(H,31,35)(H2,32,33,36)/t28-/m1/s1. The van der Waals surface area contributed by atoms with E-state index in [0.717, 1.165) is 36.3 Å². The minimum atomic E-state index is -0.333. The predicted octanol–water partition coefficient (Wildman–Crippen LogP) is 4.85. The Morgan fingerprint density at radius 2 is 1.47 bits per heavy atom. The van der Waals surface area contributed by atoms with E-state index in [1.807, 2.05) is 72.8 Å². The zero-order valence-corrected chi connectivity index (χ0v) is 20.5. The van der Waals surface area contributed by atoms with Crippen LogP contribution in [-0.2, 0) is 11.2 Å².